The topological polar surface area (TPSA) is 124 Å². The molecule has 0 saturated carbocycles. The molecular weight excluding hydrogens is 1390 g/mol. The third-order valence-electron chi connectivity index (χ3n) is 16.5. The summed E-state index contributed by atoms with van der Waals surface area (Å²) in [7, 11) is 0.579. The van der Waals surface area contributed by atoms with Crippen LogP contribution in [-0.4, -0.2) is 50.8 Å². The highest BCUT2D eigenvalue weighted by molar-refractivity contribution is 7.98. The summed E-state index contributed by atoms with van der Waals surface area (Å²) >= 11 is 0. The number of carbonyl (C=O) groups excluding carboxylic acids is 4. The van der Waals surface area contributed by atoms with Gasteiger partial charge in [-0.3, -0.25) is 9.59 Å². The Kier molecular flexibility index (Phi) is 30.2. The van der Waals surface area contributed by atoms with E-state index in [0.29, 0.717) is 24.5 Å². The molecule has 0 aliphatic rings. The zero-order chi connectivity index (χ0) is 75.5. The molecule has 0 amide bonds. The Morgan fingerprint density at radius 1 is 0.274 bits per heavy atom. The van der Waals surface area contributed by atoms with E-state index in [0.717, 1.165) is 49.8 Å². The molecule has 0 unspecified atom stereocenters. The van der Waals surface area contributed by atoms with Gasteiger partial charge in [-0.2, -0.15) is 0 Å². The van der Waals surface area contributed by atoms with Gasteiger partial charge in [0.25, 0.3) is 0 Å². The van der Waals surface area contributed by atoms with Crippen LogP contribution in [0.25, 0.3) is 0 Å². The molecule has 0 fully saturated rings. The minimum atomic E-state index is -0.593. The quantitative estimate of drug-likeness (QED) is 0.0368. The largest absolute Gasteiger partial charge is 0.493 e. The van der Waals surface area contributed by atoms with Crippen LogP contribution < -0.4 is 18.9 Å². The van der Waals surface area contributed by atoms with Crippen LogP contribution >= 0.6 is 0 Å². The molecule has 0 atom stereocenters. The molecule has 0 spiro atoms. The van der Waals surface area contributed by atoms with Crippen LogP contribution in [0.5, 0.6) is 23.0 Å². The number of ether oxygens (including phenoxy) is 6. The average molecular weight is 1490 g/mol. The van der Waals surface area contributed by atoms with Crippen molar-refractivity contribution in [2.45, 2.75) is 141 Å². The van der Waals surface area contributed by atoms with Gasteiger partial charge in [0.15, 0.2) is 72.0 Å². The van der Waals surface area contributed by atoms with E-state index in [4.69, 9.17) is 23.7 Å². The van der Waals surface area contributed by atoms with Gasteiger partial charge in [0.05, 0.1) is 57.3 Å². The predicted octanol–water partition coefficient (Wildman–Crippen LogP) is 21.3. The second-order valence-corrected chi connectivity index (χ2v) is 32.8. The molecule has 0 saturated heterocycles. The second-order valence-electron chi connectivity index (χ2n) is 24.7. The van der Waals surface area contributed by atoms with Gasteiger partial charge in [-0.15, -0.1) is 0 Å². The third-order valence-corrected chi connectivity index (χ3v) is 25.3. The molecule has 12 aromatic rings. The van der Waals surface area contributed by atoms with Gasteiger partial charge in [0.1, 0.15) is 23.0 Å². The number of carbonyl (C=O) groups is 4. The summed E-state index contributed by atoms with van der Waals surface area (Å²) in [6.45, 7) is 21.5. The van der Waals surface area contributed by atoms with E-state index in [-0.39, 0.29) is 62.1 Å². The Bertz CT molecular complexity index is 4570. The molecule has 0 bridgehead atoms. The highest BCUT2D eigenvalue weighted by atomic mass is 32.2. The molecule has 540 valence electrons. The number of hydrogen-bond acceptors (Lipinski definition) is 10. The summed E-state index contributed by atoms with van der Waals surface area (Å²) < 4.78 is 31.9. The van der Waals surface area contributed by atoms with Crippen molar-refractivity contribution in [1.82, 2.24) is 0 Å². The number of methoxy groups -OCH3 is 1. The van der Waals surface area contributed by atoms with Gasteiger partial charge in [0, 0.05) is 61.9 Å². The van der Waals surface area contributed by atoms with Gasteiger partial charge in [-0.1, -0.05) is 153 Å². The first-order valence-corrected chi connectivity index (χ1v) is 40.0. The maximum atomic E-state index is 12.0. The van der Waals surface area contributed by atoms with Gasteiger partial charge >= 0.3 is 23.9 Å². The summed E-state index contributed by atoms with van der Waals surface area (Å²) in [6.07, 6.45) is 0.374. The molecule has 0 aromatic heterocycles. The van der Waals surface area contributed by atoms with E-state index in [9.17, 15) is 19.2 Å². The van der Waals surface area contributed by atoms with Crippen molar-refractivity contribution in [3.8, 4) is 23.0 Å². The summed E-state index contributed by atoms with van der Waals surface area (Å²) in [5, 5.41) is 0. The molecular formula is C92H92O10S4+4. The molecule has 0 N–H and O–H groups in total. The van der Waals surface area contributed by atoms with E-state index in [2.05, 4.69) is 249 Å². The van der Waals surface area contributed by atoms with Crippen LogP contribution in [0, 0.1) is 55.4 Å². The molecule has 0 aliphatic carbocycles. The molecule has 0 aliphatic heterocycles. The van der Waals surface area contributed by atoms with Gasteiger partial charge < -0.3 is 28.4 Å². The Hall–Kier alpha value is -10.5. The summed E-state index contributed by atoms with van der Waals surface area (Å²) in [5.74, 6) is 1.27. The zero-order valence-electron chi connectivity index (χ0n) is 62.3. The van der Waals surface area contributed by atoms with E-state index in [1.165, 1.54) is 79.0 Å². The summed E-state index contributed by atoms with van der Waals surface area (Å²) in [6, 6.07) is 102. The zero-order valence-corrected chi connectivity index (χ0v) is 65.5. The van der Waals surface area contributed by atoms with Gasteiger partial charge in [0.2, 0.25) is 0 Å². The van der Waals surface area contributed by atoms with Crippen molar-refractivity contribution in [3.63, 3.8) is 0 Å². The molecule has 0 radical (unpaired) electrons. The summed E-state index contributed by atoms with van der Waals surface area (Å²) in [5.41, 5.74) is 8.14. The minimum absolute atomic E-state index is 0.0827. The third kappa shape index (κ3) is 22.1. The fourth-order valence-electron chi connectivity index (χ4n) is 11.8. The molecule has 14 heteroatoms. The van der Waals surface area contributed by atoms with E-state index < -0.39 is 18.5 Å². The van der Waals surface area contributed by atoms with E-state index in [1.807, 2.05) is 116 Å². The normalized spacial score (nSPS) is 10.7. The number of aryl methyl sites for hydroxylation is 8. The number of benzene rings is 12. The van der Waals surface area contributed by atoms with Gasteiger partial charge in [-0.25, -0.2) is 9.59 Å². The van der Waals surface area contributed by atoms with Gasteiger partial charge in [-0.05, 0) is 204 Å². The van der Waals surface area contributed by atoms with Crippen molar-refractivity contribution in [1.29, 1.82) is 0 Å². The van der Waals surface area contributed by atoms with Crippen LogP contribution in [0.3, 0.4) is 0 Å². The standard InChI is InChI=1S/C24H23O4S.C23H23O3S.C23H23O2S.C22H23OS/c1-17-14-22(15-18(2)24(17)28-23(26)16-27-19(3)25)29(20-10-6-4-7-11-20)21-12-8-5-9-13-21;1-17-14-21(15-18(2)23(17)26-16-22(24)25-3)27(19-10-6-4-7-11-19)20-12-8-5-9-13-20;1-4-22(24)25-23-17(2)15-21(16-18(23)3)26(19-11-7-5-8-12-19)20-13-9-6-10-14-20;1-4-23-22-17(2)15-21(16-18(22)3)24(19-11-7-5-8-12-19)20-13-9-6-10-14-20/h4-15H,16H2,1-3H3;4-15H,16H2,1-3H3;5-16H,4H2,1-3H3;5-16H,4H2,1-3H3/q4*+1. The lowest BCUT2D eigenvalue weighted by Gasteiger charge is -2.14. The van der Waals surface area contributed by atoms with Crippen molar-refractivity contribution in [2.24, 2.45) is 0 Å². The van der Waals surface area contributed by atoms with E-state index in [1.54, 1.807) is 0 Å². The number of esters is 4. The fraction of sp³-hybridized carbons (Fsp3) is 0.174. The van der Waals surface area contributed by atoms with Crippen molar-refractivity contribution < 1.29 is 47.6 Å². The van der Waals surface area contributed by atoms with Crippen molar-refractivity contribution in [3.05, 3.63) is 336 Å². The fourth-order valence-corrected chi connectivity index (χ4v) is 20.9. The number of hydrogen-bond donors (Lipinski definition) is 0. The van der Waals surface area contributed by atoms with Crippen LogP contribution in [0.15, 0.2) is 350 Å². The predicted molar refractivity (Wildman–Crippen MR) is 431 cm³/mol. The highest BCUT2D eigenvalue weighted by Gasteiger charge is 2.34. The Morgan fingerprint density at radius 3 is 0.698 bits per heavy atom. The Balaban J connectivity index is 0.000000164. The Morgan fingerprint density at radius 2 is 0.491 bits per heavy atom. The molecule has 12 aromatic carbocycles. The first-order chi connectivity index (χ1) is 51.3. The second kappa shape index (κ2) is 40.1. The molecule has 10 nitrogen and oxygen atoms in total. The monoisotopic (exact) mass is 1480 g/mol. The average Bonchev–Trinajstić information content (AvgIpc) is 0.816. The molecule has 0 heterocycles. The van der Waals surface area contributed by atoms with Crippen LogP contribution in [0.1, 0.15) is 71.7 Å². The molecule has 12 rings (SSSR count). The highest BCUT2D eigenvalue weighted by Crippen LogP contribution is 2.40. The van der Waals surface area contributed by atoms with Crippen LogP contribution in [-0.2, 0) is 72.2 Å². The Labute approximate surface area is 637 Å². The van der Waals surface area contributed by atoms with E-state index >= 15 is 0 Å². The molecule has 106 heavy (non-hydrogen) atoms. The smallest absolute Gasteiger partial charge is 0.349 e. The first-order valence-electron chi connectivity index (χ1n) is 35.1. The first kappa shape index (κ1) is 79.6. The SMILES string of the molecule is CC(=O)OCC(=O)Oc1c(C)cc([S+](c2ccccc2)c2ccccc2)cc1C.CCC(=O)Oc1c(C)cc([S+](c2ccccc2)c2ccccc2)cc1C.CCOc1c(C)cc([S+](c2ccccc2)c2ccccc2)cc1C.COC(=O)COc1c(C)cc([S+](c2ccccc2)c2ccccc2)cc1C. The van der Waals surface area contributed by atoms with Crippen LogP contribution in [0.4, 0.5) is 0 Å². The lowest BCUT2D eigenvalue weighted by molar-refractivity contribution is -0.152. The lowest BCUT2D eigenvalue weighted by atomic mass is 10.1. The number of rotatable bonds is 22. The maximum Gasteiger partial charge on any atom is 0.349 e. The summed E-state index contributed by atoms with van der Waals surface area (Å²) in [4.78, 5) is 61.2. The maximum absolute atomic E-state index is 12.0. The van der Waals surface area contributed by atoms with Crippen molar-refractivity contribution >= 4 is 67.5 Å². The van der Waals surface area contributed by atoms with Crippen molar-refractivity contribution in [2.75, 3.05) is 26.9 Å². The minimum Gasteiger partial charge on any atom is -0.493 e. The van der Waals surface area contributed by atoms with Crippen LogP contribution in [0.2, 0.25) is 0 Å². The lowest BCUT2D eigenvalue weighted by Crippen LogP contribution is -2.18.